The fraction of sp³-hybridized carbons (Fsp3) is 0.316. The van der Waals surface area contributed by atoms with Crippen LogP contribution in [0.1, 0.15) is 18.4 Å². The Balaban J connectivity index is 1.45. The van der Waals surface area contributed by atoms with Crippen LogP contribution in [0, 0.1) is 23.1 Å². The Morgan fingerprint density at radius 1 is 1.27 bits per heavy atom. The summed E-state index contributed by atoms with van der Waals surface area (Å²) in [4.78, 5) is 18.4. The summed E-state index contributed by atoms with van der Waals surface area (Å²) in [6.45, 7) is 2.18. The third-order valence-corrected chi connectivity index (χ3v) is 4.47. The second kappa shape index (κ2) is 8.30. The van der Waals surface area contributed by atoms with Crippen molar-refractivity contribution < 1.29 is 9.18 Å². The molecule has 26 heavy (non-hydrogen) atoms. The maximum absolute atomic E-state index is 12.9. The second-order valence-electron chi connectivity index (χ2n) is 6.26. The zero-order valence-corrected chi connectivity index (χ0v) is 14.3. The molecule has 1 fully saturated rings. The fourth-order valence-corrected chi connectivity index (χ4v) is 3.03. The van der Waals surface area contributed by atoms with Crippen LogP contribution in [0.5, 0.6) is 0 Å². The van der Waals surface area contributed by atoms with Gasteiger partial charge in [-0.2, -0.15) is 5.26 Å². The lowest BCUT2D eigenvalue weighted by Gasteiger charge is -2.33. The molecular formula is C19H20FN5O. The van der Waals surface area contributed by atoms with Gasteiger partial charge in [0.15, 0.2) is 0 Å². The zero-order chi connectivity index (χ0) is 18.4. The number of amides is 2. The summed E-state index contributed by atoms with van der Waals surface area (Å²) in [6.07, 6.45) is 3.53. The van der Waals surface area contributed by atoms with E-state index >= 15 is 0 Å². The lowest BCUT2D eigenvalue weighted by Crippen LogP contribution is -2.40. The van der Waals surface area contributed by atoms with Crippen molar-refractivity contribution in [2.75, 3.05) is 29.9 Å². The number of carbonyl (C=O) groups is 1. The number of nitriles is 1. The number of piperidine rings is 1. The molecule has 2 N–H and O–H groups in total. The van der Waals surface area contributed by atoms with Crippen molar-refractivity contribution in [3.8, 4) is 6.07 Å². The van der Waals surface area contributed by atoms with Crippen molar-refractivity contribution in [2.45, 2.75) is 12.8 Å². The van der Waals surface area contributed by atoms with Crippen LogP contribution in [0.15, 0.2) is 42.6 Å². The number of aromatic nitrogens is 1. The summed E-state index contributed by atoms with van der Waals surface area (Å²) >= 11 is 0. The first-order valence-corrected chi connectivity index (χ1v) is 8.56. The molecular weight excluding hydrogens is 333 g/mol. The molecule has 2 aromatic rings. The lowest BCUT2D eigenvalue weighted by molar-refractivity contribution is 0.248. The highest BCUT2D eigenvalue weighted by molar-refractivity contribution is 5.89. The van der Waals surface area contributed by atoms with E-state index in [1.165, 1.54) is 24.3 Å². The number of halogens is 1. The Kier molecular flexibility index (Phi) is 5.64. The quantitative estimate of drug-likeness (QED) is 0.885. The van der Waals surface area contributed by atoms with E-state index in [0.29, 0.717) is 23.7 Å². The van der Waals surface area contributed by atoms with E-state index in [1.807, 2.05) is 0 Å². The largest absolute Gasteiger partial charge is 0.356 e. The molecule has 3 rings (SSSR count). The zero-order valence-electron chi connectivity index (χ0n) is 14.3. The molecule has 0 atom stereocenters. The number of carbonyl (C=O) groups excluding carboxylic acids is 1. The third kappa shape index (κ3) is 4.48. The first-order chi connectivity index (χ1) is 12.7. The number of nitrogens with zero attached hydrogens (tertiary/aromatic N) is 3. The SMILES string of the molecule is N#Cc1cccnc1N1CCC(CNC(=O)Nc2ccc(F)cc2)CC1. The number of anilines is 2. The molecule has 134 valence electrons. The summed E-state index contributed by atoms with van der Waals surface area (Å²) in [7, 11) is 0. The van der Waals surface area contributed by atoms with Crippen molar-refractivity contribution in [1.82, 2.24) is 10.3 Å². The minimum absolute atomic E-state index is 0.296. The van der Waals surface area contributed by atoms with Gasteiger partial charge in [-0.1, -0.05) is 0 Å². The molecule has 0 bridgehead atoms. The number of benzene rings is 1. The summed E-state index contributed by atoms with van der Waals surface area (Å²) in [5.41, 5.74) is 1.14. The van der Waals surface area contributed by atoms with Crippen molar-refractivity contribution in [2.24, 2.45) is 5.92 Å². The summed E-state index contributed by atoms with van der Waals surface area (Å²) in [5, 5.41) is 14.7. The van der Waals surface area contributed by atoms with Crippen molar-refractivity contribution in [3.63, 3.8) is 0 Å². The van der Waals surface area contributed by atoms with Gasteiger partial charge in [-0.25, -0.2) is 14.2 Å². The van der Waals surface area contributed by atoms with Gasteiger partial charge in [0.1, 0.15) is 17.7 Å². The molecule has 7 heteroatoms. The van der Waals surface area contributed by atoms with Crippen LogP contribution in [0.3, 0.4) is 0 Å². The van der Waals surface area contributed by atoms with E-state index in [9.17, 15) is 14.4 Å². The molecule has 1 aromatic carbocycles. The monoisotopic (exact) mass is 353 g/mol. The van der Waals surface area contributed by atoms with Crippen LogP contribution >= 0.6 is 0 Å². The van der Waals surface area contributed by atoms with E-state index in [2.05, 4.69) is 26.6 Å². The Bertz CT molecular complexity index is 794. The first kappa shape index (κ1) is 17.7. The number of hydrogen-bond acceptors (Lipinski definition) is 4. The van der Waals surface area contributed by atoms with E-state index in [-0.39, 0.29) is 11.8 Å². The number of hydrogen-bond donors (Lipinski definition) is 2. The Hall–Kier alpha value is -3.14. The van der Waals surface area contributed by atoms with Gasteiger partial charge in [0.2, 0.25) is 0 Å². The van der Waals surface area contributed by atoms with Crippen LogP contribution in [0.25, 0.3) is 0 Å². The third-order valence-electron chi connectivity index (χ3n) is 4.47. The standard InChI is InChI=1S/C19H20FN5O/c20-16-3-5-17(6-4-16)24-19(26)23-13-14-7-10-25(11-8-14)18-15(12-21)2-1-9-22-18/h1-6,9,14H,7-8,10-11,13H2,(H2,23,24,26). The Labute approximate surface area is 151 Å². The molecule has 0 aliphatic carbocycles. The molecule has 2 heterocycles. The predicted octanol–water partition coefficient (Wildman–Crippen LogP) is 3.13. The minimum Gasteiger partial charge on any atom is -0.356 e. The van der Waals surface area contributed by atoms with Crippen molar-refractivity contribution in [3.05, 3.63) is 54.0 Å². The van der Waals surface area contributed by atoms with Crippen LogP contribution < -0.4 is 15.5 Å². The van der Waals surface area contributed by atoms with E-state index in [0.717, 1.165) is 31.7 Å². The molecule has 1 aromatic heterocycles. The number of nitrogens with one attached hydrogen (secondary N) is 2. The first-order valence-electron chi connectivity index (χ1n) is 8.56. The summed E-state index contributed by atoms with van der Waals surface area (Å²) in [6, 6.07) is 11.1. The molecule has 0 spiro atoms. The maximum Gasteiger partial charge on any atom is 0.319 e. The van der Waals surface area contributed by atoms with Crippen LogP contribution in [0.4, 0.5) is 20.7 Å². The molecule has 0 unspecified atom stereocenters. The number of urea groups is 1. The van der Waals surface area contributed by atoms with Gasteiger partial charge in [0, 0.05) is 31.5 Å². The van der Waals surface area contributed by atoms with Gasteiger partial charge >= 0.3 is 6.03 Å². The predicted molar refractivity (Wildman–Crippen MR) is 97.3 cm³/mol. The number of rotatable bonds is 4. The molecule has 1 aliphatic rings. The Morgan fingerprint density at radius 3 is 2.69 bits per heavy atom. The van der Waals surface area contributed by atoms with Crippen molar-refractivity contribution >= 4 is 17.5 Å². The summed E-state index contributed by atoms with van der Waals surface area (Å²) < 4.78 is 12.9. The van der Waals surface area contributed by atoms with E-state index in [4.69, 9.17) is 0 Å². The normalized spacial score (nSPS) is 14.5. The van der Waals surface area contributed by atoms with Gasteiger partial charge in [0.25, 0.3) is 0 Å². The van der Waals surface area contributed by atoms with Gasteiger partial charge in [-0.05, 0) is 55.2 Å². The Morgan fingerprint density at radius 2 is 2.00 bits per heavy atom. The minimum atomic E-state index is -0.338. The van der Waals surface area contributed by atoms with Crippen LogP contribution in [-0.2, 0) is 0 Å². The smallest absolute Gasteiger partial charge is 0.319 e. The van der Waals surface area contributed by atoms with Gasteiger partial charge in [-0.15, -0.1) is 0 Å². The topological polar surface area (TPSA) is 81.1 Å². The molecule has 1 saturated heterocycles. The molecule has 0 radical (unpaired) electrons. The van der Waals surface area contributed by atoms with Gasteiger partial charge in [-0.3, -0.25) is 0 Å². The summed E-state index contributed by atoms with van der Waals surface area (Å²) in [5.74, 6) is 0.769. The van der Waals surface area contributed by atoms with Crippen molar-refractivity contribution in [1.29, 1.82) is 5.26 Å². The average molecular weight is 353 g/mol. The average Bonchev–Trinajstić information content (AvgIpc) is 2.68. The molecule has 6 nitrogen and oxygen atoms in total. The second-order valence-corrected chi connectivity index (χ2v) is 6.26. The molecule has 0 saturated carbocycles. The van der Waals surface area contributed by atoms with Crippen LogP contribution in [0.2, 0.25) is 0 Å². The highest BCUT2D eigenvalue weighted by Crippen LogP contribution is 2.23. The van der Waals surface area contributed by atoms with E-state index < -0.39 is 0 Å². The van der Waals surface area contributed by atoms with Gasteiger partial charge < -0.3 is 15.5 Å². The van der Waals surface area contributed by atoms with E-state index in [1.54, 1.807) is 18.3 Å². The highest BCUT2D eigenvalue weighted by atomic mass is 19.1. The highest BCUT2D eigenvalue weighted by Gasteiger charge is 2.22. The fourth-order valence-electron chi connectivity index (χ4n) is 3.03. The lowest BCUT2D eigenvalue weighted by atomic mass is 9.96. The number of pyridine rings is 1. The maximum atomic E-state index is 12.9. The molecule has 2 amide bonds. The van der Waals surface area contributed by atoms with Gasteiger partial charge in [0.05, 0.1) is 5.56 Å². The van der Waals surface area contributed by atoms with Crippen LogP contribution in [-0.4, -0.2) is 30.6 Å². The molecule has 1 aliphatic heterocycles.